The first-order valence-electron chi connectivity index (χ1n) is 6.63. The van der Waals surface area contributed by atoms with Crippen LogP contribution in [0.15, 0.2) is 84.8 Å². The minimum Gasteiger partial charge on any atom is -0.319 e. The molecule has 0 spiro atoms. The van der Waals surface area contributed by atoms with Gasteiger partial charge < -0.3 is 4.33 Å². The molecule has 0 aliphatic heterocycles. The topological polar surface area (TPSA) is 4.93 Å². The van der Waals surface area contributed by atoms with Crippen LogP contribution in [0.1, 0.15) is 0 Å². The molecule has 0 bridgehead atoms. The summed E-state index contributed by atoms with van der Waals surface area (Å²) < 4.78 is 2.22. The molecule has 0 unspecified atom stereocenters. The zero-order chi connectivity index (χ0) is 15.6. The molecular formula is C17H14Cl2NPZr. The second-order valence-corrected chi connectivity index (χ2v) is 9.02. The summed E-state index contributed by atoms with van der Waals surface area (Å²) in [6.45, 7) is 0. The van der Waals surface area contributed by atoms with Crippen molar-refractivity contribution >= 4 is 36.1 Å². The van der Waals surface area contributed by atoms with E-state index in [-0.39, 0.29) is 0 Å². The summed E-state index contributed by atoms with van der Waals surface area (Å²) in [5.74, 6) is 2.14. The van der Waals surface area contributed by atoms with Crippen LogP contribution in [0, 0.1) is 0 Å². The van der Waals surface area contributed by atoms with Gasteiger partial charge in [0.15, 0.2) is 0 Å². The quantitative estimate of drug-likeness (QED) is 0.299. The fourth-order valence-electron chi connectivity index (χ4n) is 2.01. The minimum atomic E-state index is -0.826. The summed E-state index contributed by atoms with van der Waals surface area (Å²) in [6.07, 6.45) is 2.11. The van der Waals surface area contributed by atoms with Crippen LogP contribution in [0.4, 0.5) is 0 Å². The molecule has 0 saturated carbocycles. The SMILES string of the molecule is [Cl][Zr+2][Cl].c1cc[cH-]c1.c1ccc2[cH-]c(-n3cccp3)cc2c1. The number of hydrogen-bond donors (Lipinski definition) is 0. The van der Waals surface area contributed by atoms with E-state index in [9.17, 15) is 0 Å². The Balaban J connectivity index is 0.000000184. The maximum atomic E-state index is 4.93. The molecule has 1 heterocycles. The molecule has 22 heavy (non-hydrogen) atoms. The van der Waals surface area contributed by atoms with Gasteiger partial charge in [0.25, 0.3) is 0 Å². The van der Waals surface area contributed by atoms with E-state index in [0.29, 0.717) is 0 Å². The third-order valence-electron chi connectivity index (χ3n) is 2.93. The molecule has 0 amide bonds. The van der Waals surface area contributed by atoms with Gasteiger partial charge in [-0.2, -0.15) is 18.2 Å². The Labute approximate surface area is 151 Å². The van der Waals surface area contributed by atoms with Crippen molar-refractivity contribution in [1.29, 1.82) is 0 Å². The predicted octanol–water partition coefficient (Wildman–Crippen LogP) is 6.71. The van der Waals surface area contributed by atoms with Gasteiger partial charge in [-0.25, -0.2) is 12.1 Å². The van der Waals surface area contributed by atoms with Gasteiger partial charge in [0.2, 0.25) is 0 Å². The summed E-state index contributed by atoms with van der Waals surface area (Å²) in [5.41, 5.74) is 1.28. The first kappa shape index (κ1) is 17.7. The minimum absolute atomic E-state index is 0.826. The normalized spacial score (nSPS) is 9.55. The monoisotopic (exact) mass is 423 g/mol. The van der Waals surface area contributed by atoms with Gasteiger partial charge in [-0.3, -0.25) is 0 Å². The molecule has 0 N–H and O–H groups in total. The van der Waals surface area contributed by atoms with Gasteiger partial charge in [0.05, 0.1) is 0 Å². The number of nitrogens with zero attached hydrogens (tertiary/aromatic N) is 1. The Hall–Kier alpha value is -0.647. The van der Waals surface area contributed by atoms with E-state index < -0.39 is 20.8 Å². The summed E-state index contributed by atoms with van der Waals surface area (Å²) in [7, 11) is 11.1. The fraction of sp³-hybridized carbons (Fsp3) is 0. The summed E-state index contributed by atoms with van der Waals surface area (Å²) >= 11 is -0.826. The predicted molar refractivity (Wildman–Crippen MR) is 95.1 cm³/mol. The molecule has 0 atom stereocenters. The van der Waals surface area contributed by atoms with Crippen LogP contribution in [0.3, 0.4) is 0 Å². The molecule has 4 rings (SSSR count). The third kappa shape index (κ3) is 5.52. The van der Waals surface area contributed by atoms with Crippen LogP contribution in [0.2, 0.25) is 0 Å². The average molecular weight is 425 g/mol. The smallest absolute Gasteiger partial charge is 0.0166 e. The number of benzene rings is 1. The van der Waals surface area contributed by atoms with E-state index in [1.54, 1.807) is 0 Å². The van der Waals surface area contributed by atoms with Gasteiger partial charge in [-0.15, -0.1) is 41.1 Å². The van der Waals surface area contributed by atoms with Crippen LogP contribution < -0.4 is 0 Å². The Kier molecular flexibility index (Phi) is 8.20. The van der Waals surface area contributed by atoms with Gasteiger partial charge >= 0.3 is 37.9 Å². The van der Waals surface area contributed by atoms with Crippen molar-refractivity contribution < 1.29 is 20.8 Å². The second-order valence-electron chi connectivity index (χ2n) is 4.33. The third-order valence-corrected chi connectivity index (χ3v) is 3.85. The molecule has 0 aliphatic carbocycles. The summed E-state index contributed by atoms with van der Waals surface area (Å²) in [4.78, 5) is 0. The van der Waals surface area contributed by atoms with Crippen molar-refractivity contribution in [3.05, 3.63) is 84.8 Å². The van der Waals surface area contributed by atoms with E-state index in [1.807, 2.05) is 30.3 Å². The fourth-order valence-corrected chi connectivity index (χ4v) is 2.71. The number of rotatable bonds is 1. The molecule has 3 aromatic carbocycles. The molecular weight excluding hydrogens is 411 g/mol. The van der Waals surface area contributed by atoms with Crippen molar-refractivity contribution in [3.63, 3.8) is 0 Å². The van der Waals surface area contributed by atoms with Crippen molar-refractivity contribution in [2.45, 2.75) is 0 Å². The molecule has 0 fully saturated rings. The number of halogens is 2. The molecule has 0 aliphatic rings. The van der Waals surface area contributed by atoms with E-state index in [2.05, 4.69) is 58.8 Å². The molecule has 110 valence electrons. The van der Waals surface area contributed by atoms with E-state index in [1.165, 1.54) is 24.8 Å². The average Bonchev–Trinajstić information content (AvgIpc) is 3.29. The molecule has 0 saturated heterocycles. The van der Waals surface area contributed by atoms with E-state index >= 15 is 0 Å². The Morgan fingerprint density at radius 2 is 1.73 bits per heavy atom. The van der Waals surface area contributed by atoms with Gasteiger partial charge in [0.1, 0.15) is 0 Å². The molecule has 4 aromatic rings. The maximum Gasteiger partial charge on any atom is 0.0166 e. The van der Waals surface area contributed by atoms with E-state index in [0.717, 1.165) is 0 Å². The van der Waals surface area contributed by atoms with E-state index in [4.69, 9.17) is 17.0 Å². The summed E-state index contributed by atoms with van der Waals surface area (Å²) in [5, 5.41) is 2.64. The largest absolute Gasteiger partial charge is 0.319 e. The number of fused-ring (bicyclic) bond motifs is 1. The van der Waals surface area contributed by atoms with Crippen LogP contribution in [0.5, 0.6) is 0 Å². The Morgan fingerprint density at radius 3 is 2.27 bits per heavy atom. The Morgan fingerprint density at radius 1 is 1.00 bits per heavy atom. The first-order valence-corrected chi connectivity index (χ1v) is 13.9. The molecule has 0 radical (unpaired) electrons. The van der Waals surface area contributed by atoms with Gasteiger partial charge in [-0.1, -0.05) is 6.07 Å². The van der Waals surface area contributed by atoms with Crippen LogP contribution >= 0.6 is 25.4 Å². The number of aromatic nitrogens is 1. The Bertz CT molecular complexity index is 698. The standard InChI is InChI=1S/C12H9NP.C5H5.2ClH.Zr/c1-2-5-11-9-12(8-10(11)4-1)13-6-3-7-14-13;1-2-4-5-3-1;;;/h1-9H;1-5H;2*1H;/q2*-1;;;+4/p-2. The first-order chi connectivity index (χ1) is 10.8. The van der Waals surface area contributed by atoms with Crippen molar-refractivity contribution in [2.75, 3.05) is 0 Å². The number of hydrogen-bond acceptors (Lipinski definition) is 0. The zero-order valence-electron chi connectivity index (χ0n) is 11.7. The van der Waals surface area contributed by atoms with Crippen LogP contribution in [0.25, 0.3) is 16.5 Å². The molecule has 1 nitrogen and oxygen atoms in total. The van der Waals surface area contributed by atoms with Crippen molar-refractivity contribution in [1.82, 2.24) is 4.33 Å². The molecule has 1 aromatic heterocycles. The molecule has 5 heteroatoms. The van der Waals surface area contributed by atoms with Gasteiger partial charge in [-0.05, 0) is 17.6 Å². The van der Waals surface area contributed by atoms with Crippen LogP contribution in [-0.4, -0.2) is 4.33 Å². The maximum absolute atomic E-state index is 4.93. The van der Waals surface area contributed by atoms with Crippen LogP contribution in [-0.2, 0) is 20.8 Å². The summed E-state index contributed by atoms with van der Waals surface area (Å²) in [6, 6.07) is 25.0. The van der Waals surface area contributed by atoms with Gasteiger partial charge in [0, 0.05) is 14.5 Å². The van der Waals surface area contributed by atoms with Crippen molar-refractivity contribution in [3.8, 4) is 5.69 Å². The second kappa shape index (κ2) is 10.2. The zero-order valence-corrected chi connectivity index (χ0v) is 16.6. The van der Waals surface area contributed by atoms with Crippen molar-refractivity contribution in [2.24, 2.45) is 0 Å².